The Morgan fingerprint density at radius 1 is 1.08 bits per heavy atom. The lowest BCUT2D eigenvalue weighted by molar-refractivity contribution is -0.111. The van der Waals surface area contributed by atoms with Crippen molar-refractivity contribution in [3.8, 4) is 11.5 Å². The number of hydrogen-bond donors (Lipinski definition) is 1. The van der Waals surface area contributed by atoms with Crippen LogP contribution in [-0.2, 0) is 4.79 Å². The number of methoxy groups -OCH3 is 1. The zero-order valence-electron chi connectivity index (χ0n) is 14.8. The number of benzene rings is 2. The molecule has 0 fully saturated rings. The molecule has 4 heteroatoms. The first-order chi connectivity index (χ1) is 12.2. The lowest BCUT2D eigenvalue weighted by atomic mass is 10.2. The minimum atomic E-state index is -0.192. The molecule has 4 nitrogen and oxygen atoms in total. The molecule has 0 aromatic heterocycles. The van der Waals surface area contributed by atoms with Crippen molar-refractivity contribution in [2.75, 3.05) is 19.0 Å². The Hall–Kier alpha value is -2.75. The molecule has 0 aliphatic carbocycles. The van der Waals surface area contributed by atoms with E-state index in [4.69, 9.17) is 9.47 Å². The average molecular weight is 339 g/mol. The van der Waals surface area contributed by atoms with Gasteiger partial charge in [0.2, 0.25) is 5.91 Å². The summed E-state index contributed by atoms with van der Waals surface area (Å²) in [6, 6.07) is 15.0. The van der Waals surface area contributed by atoms with Crippen LogP contribution in [0.15, 0.2) is 54.6 Å². The summed E-state index contributed by atoms with van der Waals surface area (Å²) in [5, 5.41) is 2.83. The summed E-state index contributed by atoms with van der Waals surface area (Å²) in [6.45, 7) is 2.89. The Kier molecular flexibility index (Phi) is 7.57. The molecule has 0 atom stereocenters. The van der Waals surface area contributed by atoms with E-state index >= 15 is 0 Å². The van der Waals surface area contributed by atoms with Crippen molar-refractivity contribution >= 4 is 17.7 Å². The molecule has 1 N–H and O–H groups in total. The van der Waals surface area contributed by atoms with Crippen LogP contribution in [0.5, 0.6) is 11.5 Å². The van der Waals surface area contributed by atoms with E-state index in [1.165, 1.54) is 18.9 Å². The predicted molar refractivity (Wildman–Crippen MR) is 102 cm³/mol. The minimum Gasteiger partial charge on any atom is -0.496 e. The van der Waals surface area contributed by atoms with E-state index < -0.39 is 0 Å². The molecular weight excluding hydrogens is 314 g/mol. The van der Waals surface area contributed by atoms with Gasteiger partial charge in [-0.15, -0.1) is 0 Å². The molecule has 0 saturated carbocycles. The molecule has 0 heterocycles. The smallest absolute Gasteiger partial charge is 0.248 e. The van der Waals surface area contributed by atoms with Crippen molar-refractivity contribution < 1.29 is 14.3 Å². The van der Waals surface area contributed by atoms with Gasteiger partial charge in [0, 0.05) is 17.3 Å². The first-order valence-electron chi connectivity index (χ1n) is 8.58. The molecule has 2 rings (SSSR count). The summed E-state index contributed by atoms with van der Waals surface area (Å²) in [7, 11) is 1.61. The van der Waals surface area contributed by atoms with Crippen LogP contribution < -0.4 is 14.8 Å². The third-order valence-corrected chi connectivity index (χ3v) is 3.69. The summed E-state index contributed by atoms with van der Waals surface area (Å²) in [6.07, 6.45) is 6.64. The van der Waals surface area contributed by atoms with Gasteiger partial charge in [0.25, 0.3) is 0 Å². The van der Waals surface area contributed by atoms with E-state index in [0.29, 0.717) is 0 Å². The number of carbonyl (C=O) groups excluding carboxylic acids is 1. The fraction of sp³-hybridized carbons (Fsp3) is 0.286. The van der Waals surface area contributed by atoms with Crippen molar-refractivity contribution in [1.29, 1.82) is 0 Å². The second kappa shape index (κ2) is 10.2. The van der Waals surface area contributed by atoms with Crippen LogP contribution in [0.1, 0.15) is 31.7 Å². The van der Waals surface area contributed by atoms with Gasteiger partial charge < -0.3 is 14.8 Å². The normalized spacial score (nSPS) is 10.6. The predicted octanol–water partition coefficient (Wildman–Crippen LogP) is 4.92. The van der Waals surface area contributed by atoms with Crippen molar-refractivity contribution in [3.05, 3.63) is 60.2 Å². The Morgan fingerprint density at radius 3 is 2.56 bits per heavy atom. The number of rotatable bonds is 9. The van der Waals surface area contributed by atoms with Gasteiger partial charge >= 0.3 is 0 Å². The first kappa shape index (κ1) is 18.6. The van der Waals surface area contributed by atoms with E-state index in [1.807, 2.05) is 48.5 Å². The quantitative estimate of drug-likeness (QED) is 0.521. The van der Waals surface area contributed by atoms with Gasteiger partial charge in [0.05, 0.1) is 13.7 Å². The molecule has 25 heavy (non-hydrogen) atoms. The largest absolute Gasteiger partial charge is 0.496 e. The number of carbonyl (C=O) groups is 1. The molecule has 0 saturated heterocycles. The molecule has 2 aromatic rings. The number of amides is 1. The third-order valence-electron chi connectivity index (χ3n) is 3.69. The van der Waals surface area contributed by atoms with Crippen LogP contribution in [0.25, 0.3) is 6.08 Å². The van der Waals surface area contributed by atoms with Crippen LogP contribution in [0.3, 0.4) is 0 Å². The van der Waals surface area contributed by atoms with Gasteiger partial charge in [-0.1, -0.05) is 38.0 Å². The van der Waals surface area contributed by atoms with Gasteiger partial charge in [-0.05, 0) is 42.8 Å². The standard InChI is InChI=1S/C21H25NO3/c1-3-4-7-16-25-19-13-11-18(12-14-19)22-21(23)15-10-17-8-5-6-9-20(17)24-2/h5-6,8-15H,3-4,7,16H2,1-2H3,(H,22,23)/b15-10+. The Morgan fingerprint density at radius 2 is 1.84 bits per heavy atom. The maximum Gasteiger partial charge on any atom is 0.248 e. The Balaban J connectivity index is 1.86. The summed E-state index contributed by atoms with van der Waals surface area (Å²) in [5.41, 5.74) is 1.59. The van der Waals surface area contributed by atoms with Gasteiger partial charge in [0.15, 0.2) is 0 Å². The van der Waals surface area contributed by atoms with E-state index in [1.54, 1.807) is 13.2 Å². The van der Waals surface area contributed by atoms with E-state index in [9.17, 15) is 4.79 Å². The lowest BCUT2D eigenvalue weighted by Gasteiger charge is -2.07. The number of anilines is 1. The van der Waals surface area contributed by atoms with Gasteiger partial charge in [-0.2, -0.15) is 0 Å². The molecule has 0 bridgehead atoms. The van der Waals surface area contributed by atoms with Gasteiger partial charge in [-0.3, -0.25) is 4.79 Å². The van der Waals surface area contributed by atoms with Crippen LogP contribution >= 0.6 is 0 Å². The molecule has 1 amide bonds. The maximum absolute atomic E-state index is 12.0. The van der Waals surface area contributed by atoms with E-state index in [2.05, 4.69) is 12.2 Å². The zero-order valence-corrected chi connectivity index (χ0v) is 14.8. The van der Waals surface area contributed by atoms with Crippen LogP contribution in [-0.4, -0.2) is 19.6 Å². The second-order valence-corrected chi connectivity index (χ2v) is 5.64. The lowest BCUT2D eigenvalue weighted by Crippen LogP contribution is -2.07. The molecule has 2 aromatic carbocycles. The highest BCUT2D eigenvalue weighted by atomic mass is 16.5. The molecule has 0 unspecified atom stereocenters. The third kappa shape index (κ3) is 6.34. The first-order valence-corrected chi connectivity index (χ1v) is 8.58. The molecular formula is C21H25NO3. The van der Waals surface area contributed by atoms with Crippen molar-refractivity contribution in [2.45, 2.75) is 26.2 Å². The summed E-state index contributed by atoms with van der Waals surface area (Å²) in [5.74, 6) is 1.36. The SMILES string of the molecule is CCCCCOc1ccc(NC(=O)/C=C/c2ccccc2OC)cc1. The molecule has 0 spiro atoms. The molecule has 0 aliphatic rings. The monoisotopic (exact) mass is 339 g/mol. The van der Waals surface area contributed by atoms with E-state index in [-0.39, 0.29) is 5.91 Å². The van der Waals surface area contributed by atoms with Gasteiger partial charge in [0.1, 0.15) is 11.5 Å². The highest BCUT2D eigenvalue weighted by molar-refractivity contribution is 6.02. The van der Waals surface area contributed by atoms with Crippen LogP contribution in [0, 0.1) is 0 Å². The zero-order chi connectivity index (χ0) is 17.9. The fourth-order valence-electron chi connectivity index (χ4n) is 2.33. The summed E-state index contributed by atoms with van der Waals surface area (Å²) in [4.78, 5) is 12.0. The molecule has 0 aliphatic heterocycles. The minimum absolute atomic E-state index is 0.192. The van der Waals surface area contributed by atoms with Crippen molar-refractivity contribution in [3.63, 3.8) is 0 Å². The Bertz CT molecular complexity index is 693. The maximum atomic E-state index is 12.0. The Labute approximate surface area is 149 Å². The van der Waals surface area contributed by atoms with Crippen molar-refractivity contribution in [2.24, 2.45) is 0 Å². The molecule has 0 radical (unpaired) electrons. The average Bonchev–Trinajstić information content (AvgIpc) is 2.65. The van der Waals surface area contributed by atoms with Crippen LogP contribution in [0.4, 0.5) is 5.69 Å². The number of ether oxygens (including phenoxy) is 2. The number of para-hydroxylation sites is 1. The molecule has 132 valence electrons. The van der Waals surface area contributed by atoms with Crippen molar-refractivity contribution in [1.82, 2.24) is 0 Å². The number of unbranched alkanes of at least 4 members (excludes halogenated alkanes) is 2. The topological polar surface area (TPSA) is 47.6 Å². The van der Waals surface area contributed by atoms with E-state index in [0.717, 1.165) is 35.8 Å². The summed E-state index contributed by atoms with van der Waals surface area (Å²) < 4.78 is 10.9. The fourth-order valence-corrected chi connectivity index (χ4v) is 2.33. The highest BCUT2D eigenvalue weighted by Crippen LogP contribution is 2.19. The highest BCUT2D eigenvalue weighted by Gasteiger charge is 2.01. The number of hydrogen-bond acceptors (Lipinski definition) is 3. The second-order valence-electron chi connectivity index (χ2n) is 5.64. The van der Waals surface area contributed by atoms with Gasteiger partial charge in [-0.25, -0.2) is 0 Å². The summed E-state index contributed by atoms with van der Waals surface area (Å²) >= 11 is 0. The van der Waals surface area contributed by atoms with Crippen LogP contribution in [0.2, 0.25) is 0 Å². The number of nitrogens with one attached hydrogen (secondary N) is 1.